The Morgan fingerprint density at radius 2 is 1.92 bits per heavy atom. The molecule has 0 radical (unpaired) electrons. The SMILES string of the molecule is CN(Cc1ccccc1)C(=O)c1ccc(OCC2CCCO2)cc1. The van der Waals surface area contributed by atoms with E-state index in [1.807, 2.05) is 61.6 Å². The fourth-order valence-corrected chi connectivity index (χ4v) is 2.81. The minimum atomic E-state index is 0.00419. The third-order valence-corrected chi connectivity index (χ3v) is 4.17. The average molecular weight is 325 g/mol. The average Bonchev–Trinajstić information content (AvgIpc) is 3.14. The van der Waals surface area contributed by atoms with Gasteiger partial charge in [-0.3, -0.25) is 4.79 Å². The van der Waals surface area contributed by atoms with Crippen LogP contribution in [0.3, 0.4) is 0 Å². The molecule has 0 aromatic heterocycles. The molecule has 0 spiro atoms. The van der Waals surface area contributed by atoms with Crippen molar-refractivity contribution >= 4 is 5.91 Å². The van der Waals surface area contributed by atoms with Crippen molar-refractivity contribution in [3.63, 3.8) is 0 Å². The van der Waals surface area contributed by atoms with Gasteiger partial charge in [-0.2, -0.15) is 0 Å². The second kappa shape index (κ2) is 7.97. The van der Waals surface area contributed by atoms with E-state index in [2.05, 4.69) is 0 Å². The van der Waals surface area contributed by atoms with Crippen molar-refractivity contribution in [2.75, 3.05) is 20.3 Å². The van der Waals surface area contributed by atoms with E-state index >= 15 is 0 Å². The molecule has 1 aliphatic heterocycles. The molecule has 4 nitrogen and oxygen atoms in total. The van der Waals surface area contributed by atoms with E-state index in [1.165, 1.54) is 0 Å². The molecule has 1 unspecified atom stereocenters. The van der Waals surface area contributed by atoms with Crippen molar-refractivity contribution in [2.24, 2.45) is 0 Å². The van der Waals surface area contributed by atoms with Crippen LogP contribution in [0.2, 0.25) is 0 Å². The van der Waals surface area contributed by atoms with E-state index in [-0.39, 0.29) is 12.0 Å². The zero-order chi connectivity index (χ0) is 16.8. The number of carbonyl (C=O) groups is 1. The Morgan fingerprint density at radius 1 is 1.17 bits per heavy atom. The third-order valence-electron chi connectivity index (χ3n) is 4.17. The highest BCUT2D eigenvalue weighted by molar-refractivity contribution is 5.94. The number of hydrogen-bond acceptors (Lipinski definition) is 3. The molecule has 3 rings (SSSR count). The van der Waals surface area contributed by atoms with E-state index in [0.717, 1.165) is 30.8 Å². The summed E-state index contributed by atoms with van der Waals surface area (Å²) in [5.41, 5.74) is 1.78. The predicted molar refractivity (Wildman–Crippen MR) is 93.2 cm³/mol. The smallest absolute Gasteiger partial charge is 0.253 e. The van der Waals surface area contributed by atoms with Crippen LogP contribution in [-0.4, -0.2) is 37.2 Å². The Kier molecular flexibility index (Phi) is 5.49. The quantitative estimate of drug-likeness (QED) is 0.816. The molecular formula is C20H23NO3. The van der Waals surface area contributed by atoms with Gasteiger partial charge < -0.3 is 14.4 Å². The highest BCUT2D eigenvalue weighted by Crippen LogP contribution is 2.17. The van der Waals surface area contributed by atoms with Gasteiger partial charge in [0.1, 0.15) is 12.4 Å². The second-order valence-electron chi connectivity index (χ2n) is 6.12. The first-order valence-corrected chi connectivity index (χ1v) is 8.36. The van der Waals surface area contributed by atoms with Gasteiger partial charge in [-0.1, -0.05) is 30.3 Å². The van der Waals surface area contributed by atoms with Gasteiger partial charge in [0.25, 0.3) is 5.91 Å². The molecular weight excluding hydrogens is 302 g/mol. The lowest BCUT2D eigenvalue weighted by molar-refractivity contribution is 0.0679. The van der Waals surface area contributed by atoms with Crippen molar-refractivity contribution in [1.82, 2.24) is 4.90 Å². The Labute approximate surface area is 143 Å². The normalized spacial score (nSPS) is 16.8. The summed E-state index contributed by atoms with van der Waals surface area (Å²) >= 11 is 0. The molecule has 1 atom stereocenters. The summed E-state index contributed by atoms with van der Waals surface area (Å²) in [5.74, 6) is 0.775. The summed E-state index contributed by atoms with van der Waals surface area (Å²) < 4.78 is 11.3. The van der Waals surface area contributed by atoms with Crippen LogP contribution in [0.5, 0.6) is 5.75 Å². The van der Waals surface area contributed by atoms with Crippen molar-refractivity contribution in [2.45, 2.75) is 25.5 Å². The largest absolute Gasteiger partial charge is 0.491 e. The van der Waals surface area contributed by atoms with Gasteiger partial charge in [-0.05, 0) is 42.7 Å². The standard InChI is InChI=1S/C20H23NO3/c1-21(14-16-6-3-2-4-7-16)20(22)17-9-11-18(12-10-17)24-15-19-8-5-13-23-19/h2-4,6-7,9-12,19H,5,8,13-15H2,1H3. The highest BCUT2D eigenvalue weighted by atomic mass is 16.5. The first-order valence-electron chi connectivity index (χ1n) is 8.36. The maximum atomic E-state index is 12.5. The number of benzene rings is 2. The van der Waals surface area contributed by atoms with Crippen molar-refractivity contribution in [1.29, 1.82) is 0 Å². The van der Waals surface area contributed by atoms with E-state index in [4.69, 9.17) is 9.47 Å². The highest BCUT2D eigenvalue weighted by Gasteiger charge is 2.16. The van der Waals surface area contributed by atoms with Crippen LogP contribution in [-0.2, 0) is 11.3 Å². The van der Waals surface area contributed by atoms with Crippen LogP contribution in [0.15, 0.2) is 54.6 Å². The van der Waals surface area contributed by atoms with E-state index < -0.39 is 0 Å². The van der Waals surface area contributed by atoms with E-state index in [0.29, 0.717) is 18.7 Å². The molecule has 4 heteroatoms. The summed E-state index contributed by atoms with van der Waals surface area (Å²) in [7, 11) is 1.82. The second-order valence-corrected chi connectivity index (χ2v) is 6.12. The zero-order valence-corrected chi connectivity index (χ0v) is 14.0. The van der Waals surface area contributed by atoms with Gasteiger partial charge in [-0.25, -0.2) is 0 Å². The summed E-state index contributed by atoms with van der Waals surface area (Å²) in [6.07, 6.45) is 2.36. The summed E-state index contributed by atoms with van der Waals surface area (Å²) in [4.78, 5) is 14.2. The molecule has 0 aliphatic carbocycles. The molecule has 1 amide bonds. The third kappa shape index (κ3) is 4.36. The molecule has 24 heavy (non-hydrogen) atoms. The van der Waals surface area contributed by atoms with Crippen LogP contribution in [0.25, 0.3) is 0 Å². The van der Waals surface area contributed by atoms with Crippen LogP contribution >= 0.6 is 0 Å². The molecule has 0 bridgehead atoms. The Morgan fingerprint density at radius 3 is 2.58 bits per heavy atom. The number of ether oxygens (including phenoxy) is 2. The Hall–Kier alpha value is -2.33. The van der Waals surface area contributed by atoms with Gasteiger partial charge in [0, 0.05) is 25.8 Å². The van der Waals surface area contributed by atoms with Gasteiger partial charge in [0.15, 0.2) is 0 Å². The molecule has 1 aliphatic rings. The first-order chi connectivity index (χ1) is 11.7. The van der Waals surface area contributed by atoms with Gasteiger partial charge >= 0.3 is 0 Å². The van der Waals surface area contributed by atoms with Crippen LogP contribution in [0, 0.1) is 0 Å². The number of hydrogen-bond donors (Lipinski definition) is 0. The van der Waals surface area contributed by atoms with Gasteiger partial charge in [0.05, 0.1) is 6.10 Å². The Balaban J connectivity index is 1.54. The first kappa shape index (κ1) is 16.5. The molecule has 1 saturated heterocycles. The predicted octanol–water partition coefficient (Wildman–Crippen LogP) is 3.52. The summed E-state index contributed by atoms with van der Waals surface area (Å²) in [5, 5.41) is 0. The molecule has 1 heterocycles. The van der Waals surface area contributed by atoms with Gasteiger partial charge in [-0.15, -0.1) is 0 Å². The minimum absolute atomic E-state index is 0.00419. The molecule has 2 aromatic carbocycles. The maximum Gasteiger partial charge on any atom is 0.253 e. The fourth-order valence-electron chi connectivity index (χ4n) is 2.81. The van der Waals surface area contributed by atoms with Crippen LogP contribution in [0.4, 0.5) is 0 Å². The maximum absolute atomic E-state index is 12.5. The molecule has 0 N–H and O–H groups in total. The van der Waals surface area contributed by atoms with Crippen LogP contribution < -0.4 is 4.74 Å². The topological polar surface area (TPSA) is 38.8 Å². The number of amides is 1. The van der Waals surface area contributed by atoms with Gasteiger partial charge in [0.2, 0.25) is 0 Å². The minimum Gasteiger partial charge on any atom is -0.491 e. The Bertz CT molecular complexity index is 648. The van der Waals surface area contributed by atoms with E-state index in [9.17, 15) is 4.79 Å². The van der Waals surface area contributed by atoms with Crippen molar-refractivity contribution < 1.29 is 14.3 Å². The van der Waals surface area contributed by atoms with Crippen molar-refractivity contribution in [3.8, 4) is 5.75 Å². The lowest BCUT2D eigenvalue weighted by Crippen LogP contribution is -2.26. The number of carbonyl (C=O) groups excluding carboxylic acids is 1. The molecule has 0 saturated carbocycles. The monoisotopic (exact) mass is 325 g/mol. The molecule has 2 aromatic rings. The number of nitrogens with zero attached hydrogens (tertiary/aromatic N) is 1. The summed E-state index contributed by atoms with van der Waals surface area (Å²) in [6, 6.07) is 17.3. The lowest BCUT2D eigenvalue weighted by atomic mass is 10.1. The zero-order valence-electron chi connectivity index (χ0n) is 14.0. The van der Waals surface area contributed by atoms with E-state index in [1.54, 1.807) is 4.90 Å². The lowest BCUT2D eigenvalue weighted by Gasteiger charge is -2.17. The van der Waals surface area contributed by atoms with Crippen LogP contribution in [0.1, 0.15) is 28.8 Å². The summed E-state index contributed by atoms with van der Waals surface area (Å²) in [6.45, 7) is 1.99. The number of rotatable bonds is 6. The fraction of sp³-hybridized carbons (Fsp3) is 0.350. The molecule has 1 fully saturated rings. The van der Waals surface area contributed by atoms with Crippen molar-refractivity contribution in [3.05, 3.63) is 65.7 Å². The molecule has 126 valence electrons.